The van der Waals surface area contributed by atoms with Gasteiger partial charge in [-0.15, -0.1) is 0 Å². The number of nitrogens with one attached hydrogen (secondary N) is 2. The number of esters is 2. The van der Waals surface area contributed by atoms with Crippen LogP contribution >= 0.6 is 0 Å². The van der Waals surface area contributed by atoms with Gasteiger partial charge in [0.05, 0.1) is 0 Å². The molecule has 1 aliphatic heterocycles. The Morgan fingerprint density at radius 2 is 1.78 bits per heavy atom. The van der Waals surface area contributed by atoms with Crippen LogP contribution in [0.4, 0.5) is 4.79 Å². The molecular weight excluding hydrogens is 416 g/mol. The number of carbonyl (C=O) groups is 4. The molecule has 1 heterocycles. The molecule has 1 aliphatic rings. The highest BCUT2D eigenvalue weighted by Crippen LogP contribution is 2.14. The number of hydrogen-bond donors (Lipinski definition) is 2. The van der Waals surface area contributed by atoms with Crippen LogP contribution < -0.4 is 10.6 Å². The minimum atomic E-state index is -1.20. The van der Waals surface area contributed by atoms with Gasteiger partial charge in [-0.25, -0.2) is 9.59 Å². The van der Waals surface area contributed by atoms with Crippen LogP contribution in [0.15, 0.2) is 30.3 Å². The van der Waals surface area contributed by atoms with Gasteiger partial charge in [-0.2, -0.15) is 0 Å². The van der Waals surface area contributed by atoms with Crippen LogP contribution in [-0.2, 0) is 35.0 Å². The summed E-state index contributed by atoms with van der Waals surface area (Å²) < 4.78 is 15.7. The summed E-state index contributed by atoms with van der Waals surface area (Å²) in [6, 6.07) is 7.90. The lowest BCUT2D eigenvalue weighted by Crippen LogP contribution is -2.57. The number of alkyl carbamates (subject to hydrolysis) is 1. The topological polar surface area (TPSA) is 120 Å². The van der Waals surface area contributed by atoms with Crippen molar-refractivity contribution in [2.45, 2.75) is 83.8 Å². The van der Waals surface area contributed by atoms with Gasteiger partial charge in [-0.05, 0) is 53.0 Å². The molecule has 0 saturated carbocycles. The summed E-state index contributed by atoms with van der Waals surface area (Å²) in [5, 5.41) is 5.37. The third kappa shape index (κ3) is 8.20. The highest BCUT2D eigenvalue weighted by Gasteiger charge is 2.35. The van der Waals surface area contributed by atoms with E-state index in [0.717, 1.165) is 5.56 Å². The molecule has 2 N–H and O–H groups in total. The maximum atomic E-state index is 13.1. The maximum Gasteiger partial charge on any atom is 0.408 e. The fraction of sp³-hybridized carbons (Fsp3) is 0.565. The lowest BCUT2D eigenvalue weighted by atomic mass is 10.0. The lowest BCUT2D eigenvalue weighted by molar-refractivity contribution is -0.171. The van der Waals surface area contributed by atoms with Crippen LogP contribution in [0.2, 0.25) is 0 Å². The van der Waals surface area contributed by atoms with Gasteiger partial charge in [0, 0.05) is 12.5 Å². The zero-order chi connectivity index (χ0) is 23.9. The van der Waals surface area contributed by atoms with Crippen LogP contribution in [0.1, 0.15) is 53.0 Å². The average molecular weight is 449 g/mol. The zero-order valence-corrected chi connectivity index (χ0v) is 19.2. The SMILES string of the molecule is C[C@H]1OC(=O)CCC(Cc2ccccc2)NC(=O)[C@@H](NC(=O)OC(C)(C)C)[C@@H](C)OC1=O. The summed E-state index contributed by atoms with van der Waals surface area (Å²) in [6.07, 6.45) is -2.20. The Morgan fingerprint density at radius 3 is 2.41 bits per heavy atom. The molecule has 1 aromatic rings. The summed E-state index contributed by atoms with van der Waals surface area (Å²) >= 11 is 0. The molecule has 1 aromatic carbocycles. The molecule has 1 fully saturated rings. The standard InChI is InChI=1S/C23H32N2O7/c1-14-19(25-22(29)32-23(3,4)5)20(27)24-17(13-16-9-7-6-8-10-16)11-12-18(26)30-15(2)21(28)31-14/h6-10,14-15,17,19H,11-13H2,1-5H3,(H,24,27)(H,25,29)/t14-,15-,17?,19+/m1/s1. The number of carbonyl (C=O) groups excluding carboxylic acids is 4. The predicted molar refractivity (Wildman–Crippen MR) is 116 cm³/mol. The molecule has 0 radical (unpaired) electrons. The van der Waals surface area contributed by atoms with E-state index in [9.17, 15) is 19.2 Å². The first-order chi connectivity index (χ1) is 14.9. The third-order valence-electron chi connectivity index (χ3n) is 4.73. The van der Waals surface area contributed by atoms with Crippen molar-refractivity contribution in [3.63, 3.8) is 0 Å². The second-order valence-corrected chi connectivity index (χ2v) is 8.83. The van der Waals surface area contributed by atoms with E-state index < -0.39 is 53.8 Å². The molecule has 0 spiro atoms. The summed E-state index contributed by atoms with van der Waals surface area (Å²) in [4.78, 5) is 49.9. The fourth-order valence-electron chi connectivity index (χ4n) is 3.19. The summed E-state index contributed by atoms with van der Waals surface area (Å²) in [5.41, 5.74) is 0.201. The Hall–Kier alpha value is -3.10. The van der Waals surface area contributed by atoms with Crippen molar-refractivity contribution in [1.29, 1.82) is 0 Å². The van der Waals surface area contributed by atoms with Crippen LogP contribution in [0, 0.1) is 0 Å². The van der Waals surface area contributed by atoms with Gasteiger partial charge in [0.25, 0.3) is 0 Å². The molecule has 176 valence electrons. The average Bonchev–Trinajstić information content (AvgIpc) is 2.68. The molecule has 0 aliphatic carbocycles. The van der Waals surface area contributed by atoms with Crippen molar-refractivity contribution in [2.24, 2.45) is 0 Å². The second-order valence-electron chi connectivity index (χ2n) is 8.83. The molecule has 2 rings (SSSR count). The van der Waals surface area contributed by atoms with Gasteiger partial charge in [0.1, 0.15) is 17.7 Å². The molecule has 32 heavy (non-hydrogen) atoms. The van der Waals surface area contributed by atoms with E-state index in [0.29, 0.717) is 12.8 Å². The van der Waals surface area contributed by atoms with Gasteiger partial charge in [-0.3, -0.25) is 9.59 Å². The van der Waals surface area contributed by atoms with E-state index in [-0.39, 0.29) is 6.42 Å². The molecule has 4 atom stereocenters. The normalized spacial score (nSPS) is 25.3. The quantitative estimate of drug-likeness (QED) is 0.538. The van der Waals surface area contributed by atoms with Gasteiger partial charge < -0.3 is 24.8 Å². The number of hydrogen-bond acceptors (Lipinski definition) is 7. The number of rotatable bonds is 3. The van der Waals surface area contributed by atoms with E-state index in [1.807, 2.05) is 30.3 Å². The van der Waals surface area contributed by atoms with Gasteiger partial charge in [0.15, 0.2) is 6.10 Å². The van der Waals surface area contributed by atoms with Crippen LogP contribution in [0.5, 0.6) is 0 Å². The van der Waals surface area contributed by atoms with Gasteiger partial charge >= 0.3 is 18.0 Å². The first-order valence-electron chi connectivity index (χ1n) is 10.7. The lowest BCUT2D eigenvalue weighted by Gasteiger charge is -2.29. The molecule has 1 unspecified atom stereocenters. The smallest absolute Gasteiger partial charge is 0.408 e. The highest BCUT2D eigenvalue weighted by molar-refractivity contribution is 5.87. The van der Waals surface area contributed by atoms with Crippen molar-refractivity contribution < 1.29 is 33.4 Å². The molecule has 9 nitrogen and oxygen atoms in total. The Bertz CT molecular complexity index is 819. The van der Waals surface area contributed by atoms with Crippen molar-refractivity contribution in [1.82, 2.24) is 10.6 Å². The Balaban J connectivity index is 2.26. The van der Waals surface area contributed by atoms with Crippen LogP contribution in [0.25, 0.3) is 0 Å². The molecule has 9 heteroatoms. The summed E-state index contributed by atoms with van der Waals surface area (Å²) in [5.74, 6) is -1.91. The molecular formula is C23H32N2O7. The molecule has 0 aromatic heterocycles. The van der Waals surface area contributed by atoms with Gasteiger partial charge in [0.2, 0.25) is 5.91 Å². The van der Waals surface area contributed by atoms with Crippen molar-refractivity contribution >= 4 is 23.9 Å². The summed E-state index contributed by atoms with van der Waals surface area (Å²) in [6.45, 7) is 7.97. The number of ether oxygens (including phenoxy) is 3. The van der Waals surface area contributed by atoms with E-state index in [2.05, 4.69) is 10.6 Å². The third-order valence-corrected chi connectivity index (χ3v) is 4.73. The minimum absolute atomic E-state index is 0.00904. The van der Waals surface area contributed by atoms with E-state index in [1.165, 1.54) is 13.8 Å². The number of benzene rings is 1. The largest absolute Gasteiger partial charge is 0.457 e. The van der Waals surface area contributed by atoms with E-state index in [1.54, 1.807) is 20.8 Å². The van der Waals surface area contributed by atoms with E-state index >= 15 is 0 Å². The Labute approximate surface area is 188 Å². The summed E-state index contributed by atoms with van der Waals surface area (Å²) in [7, 11) is 0. The number of cyclic esters (lactones) is 2. The Morgan fingerprint density at radius 1 is 1.12 bits per heavy atom. The molecule has 0 bridgehead atoms. The zero-order valence-electron chi connectivity index (χ0n) is 19.2. The highest BCUT2D eigenvalue weighted by atomic mass is 16.6. The number of amides is 2. The monoisotopic (exact) mass is 448 g/mol. The fourth-order valence-corrected chi connectivity index (χ4v) is 3.19. The van der Waals surface area contributed by atoms with Crippen molar-refractivity contribution in [2.75, 3.05) is 0 Å². The van der Waals surface area contributed by atoms with Gasteiger partial charge in [-0.1, -0.05) is 30.3 Å². The second kappa shape index (κ2) is 11.0. The molecule has 2 amide bonds. The van der Waals surface area contributed by atoms with Crippen LogP contribution in [-0.4, -0.2) is 53.8 Å². The first kappa shape index (κ1) is 25.2. The van der Waals surface area contributed by atoms with E-state index in [4.69, 9.17) is 14.2 Å². The Kier molecular flexibility index (Phi) is 8.63. The van der Waals surface area contributed by atoms with Crippen molar-refractivity contribution in [3.05, 3.63) is 35.9 Å². The minimum Gasteiger partial charge on any atom is -0.457 e. The first-order valence-corrected chi connectivity index (χ1v) is 10.7. The van der Waals surface area contributed by atoms with Crippen molar-refractivity contribution in [3.8, 4) is 0 Å². The van der Waals surface area contributed by atoms with Crippen LogP contribution in [0.3, 0.4) is 0 Å². The molecule has 1 saturated heterocycles. The maximum absolute atomic E-state index is 13.1. The predicted octanol–water partition coefficient (Wildman–Crippen LogP) is 2.26.